The number of hydrogen-bond acceptors (Lipinski definition) is 3. The zero-order valence-corrected chi connectivity index (χ0v) is 11.4. The highest BCUT2D eigenvalue weighted by atomic mass is 16.3. The first kappa shape index (κ1) is 16.4. The summed E-state index contributed by atoms with van der Waals surface area (Å²) in [6.45, 7) is 8.75. The number of carbonyl (C=O) groups is 1. The number of nitrogens with one attached hydrogen (secondary N) is 1. The number of rotatable bonds is 8. The molecule has 102 valence electrons. The topological polar surface area (TPSA) is 69.6 Å². The van der Waals surface area contributed by atoms with Gasteiger partial charge in [-0.3, -0.25) is 4.79 Å². The molecular formula is C13H27NO3. The molecule has 0 radical (unpaired) electrons. The van der Waals surface area contributed by atoms with E-state index in [9.17, 15) is 15.0 Å². The highest BCUT2D eigenvalue weighted by Gasteiger charge is 2.19. The Morgan fingerprint density at radius 3 is 2.06 bits per heavy atom. The number of aliphatic hydroxyl groups excluding tert-OH is 2. The zero-order valence-electron chi connectivity index (χ0n) is 11.4. The molecule has 0 aliphatic rings. The van der Waals surface area contributed by atoms with Gasteiger partial charge in [0.25, 0.3) is 0 Å². The van der Waals surface area contributed by atoms with E-state index >= 15 is 0 Å². The largest absolute Gasteiger partial charge is 0.390 e. The molecule has 0 aromatic rings. The van der Waals surface area contributed by atoms with Crippen LogP contribution >= 0.6 is 0 Å². The maximum absolute atomic E-state index is 11.4. The Balaban J connectivity index is 3.82. The lowest BCUT2D eigenvalue weighted by Gasteiger charge is -2.18. The minimum absolute atomic E-state index is 0.0218. The van der Waals surface area contributed by atoms with E-state index in [1.54, 1.807) is 0 Å². The summed E-state index contributed by atoms with van der Waals surface area (Å²) in [6, 6.07) is 0. The van der Waals surface area contributed by atoms with Crippen molar-refractivity contribution in [1.29, 1.82) is 0 Å². The van der Waals surface area contributed by atoms with Gasteiger partial charge in [0.15, 0.2) is 0 Å². The van der Waals surface area contributed by atoms with Crippen molar-refractivity contribution in [2.45, 2.75) is 59.2 Å². The lowest BCUT2D eigenvalue weighted by molar-refractivity contribution is -0.125. The highest BCUT2D eigenvalue weighted by molar-refractivity contribution is 5.76. The fourth-order valence-electron chi connectivity index (χ4n) is 1.41. The van der Waals surface area contributed by atoms with Gasteiger partial charge in [-0.05, 0) is 24.7 Å². The number of hydrogen-bond donors (Lipinski definition) is 3. The van der Waals surface area contributed by atoms with Crippen LogP contribution in [0.1, 0.15) is 47.0 Å². The molecule has 0 aromatic heterocycles. The maximum Gasteiger partial charge on any atom is 0.222 e. The third-order valence-corrected chi connectivity index (χ3v) is 2.59. The van der Waals surface area contributed by atoms with Crippen LogP contribution in [0, 0.1) is 11.8 Å². The molecule has 4 nitrogen and oxygen atoms in total. The Hall–Kier alpha value is -0.610. The lowest BCUT2D eigenvalue weighted by Crippen LogP contribution is -2.35. The summed E-state index contributed by atoms with van der Waals surface area (Å²) in [4.78, 5) is 11.4. The van der Waals surface area contributed by atoms with Gasteiger partial charge in [0, 0.05) is 6.54 Å². The van der Waals surface area contributed by atoms with E-state index in [1.807, 2.05) is 13.8 Å². The Morgan fingerprint density at radius 2 is 1.59 bits per heavy atom. The second-order valence-electron chi connectivity index (χ2n) is 5.51. The van der Waals surface area contributed by atoms with Crippen LogP contribution in [0.4, 0.5) is 0 Å². The zero-order chi connectivity index (χ0) is 13.4. The fraction of sp³-hybridized carbons (Fsp3) is 0.923. The molecule has 3 N–H and O–H groups in total. The summed E-state index contributed by atoms with van der Waals surface area (Å²) in [5, 5.41) is 22.0. The number of carbonyl (C=O) groups excluding carboxylic acids is 1. The summed E-state index contributed by atoms with van der Waals surface area (Å²) in [5.41, 5.74) is 0. The van der Waals surface area contributed by atoms with Crippen LogP contribution in [0.2, 0.25) is 0 Å². The Morgan fingerprint density at radius 1 is 1.00 bits per heavy atom. The first-order valence-corrected chi connectivity index (χ1v) is 6.45. The van der Waals surface area contributed by atoms with Gasteiger partial charge in [-0.2, -0.15) is 0 Å². The lowest BCUT2D eigenvalue weighted by atomic mass is 10.00. The van der Waals surface area contributed by atoms with Crippen molar-refractivity contribution in [3.63, 3.8) is 0 Å². The minimum atomic E-state index is -0.957. The predicted molar refractivity (Wildman–Crippen MR) is 68.6 cm³/mol. The second-order valence-corrected chi connectivity index (χ2v) is 5.51. The Labute approximate surface area is 104 Å². The molecule has 0 saturated carbocycles. The van der Waals surface area contributed by atoms with Gasteiger partial charge >= 0.3 is 0 Å². The van der Waals surface area contributed by atoms with Crippen LogP contribution in [0.15, 0.2) is 0 Å². The van der Waals surface area contributed by atoms with Crippen molar-refractivity contribution in [3.05, 3.63) is 0 Å². The van der Waals surface area contributed by atoms with Gasteiger partial charge in [0.1, 0.15) is 0 Å². The third kappa shape index (κ3) is 9.12. The molecule has 17 heavy (non-hydrogen) atoms. The fourth-order valence-corrected chi connectivity index (χ4v) is 1.41. The summed E-state index contributed by atoms with van der Waals surface area (Å²) in [7, 11) is 0. The molecule has 0 saturated heterocycles. The molecule has 0 aromatic carbocycles. The molecule has 0 fully saturated rings. The van der Waals surface area contributed by atoms with Crippen LogP contribution in [0.25, 0.3) is 0 Å². The van der Waals surface area contributed by atoms with Gasteiger partial charge < -0.3 is 15.5 Å². The van der Waals surface area contributed by atoms with Gasteiger partial charge in [-0.15, -0.1) is 0 Å². The van der Waals surface area contributed by atoms with Crippen LogP contribution in [-0.4, -0.2) is 34.9 Å². The predicted octanol–water partition coefficient (Wildman–Crippen LogP) is 1.31. The molecule has 0 aliphatic heterocycles. The minimum Gasteiger partial charge on any atom is -0.390 e. The van der Waals surface area contributed by atoms with E-state index in [1.165, 1.54) is 0 Å². The molecule has 4 heteroatoms. The monoisotopic (exact) mass is 245 g/mol. The van der Waals surface area contributed by atoms with Crippen LogP contribution in [0.5, 0.6) is 0 Å². The summed E-state index contributed by atoms with van der Waals surface area (Å²) >= 11 is 0. The first-order valence-electron chi connectivity index (χ1n) is 6.45. The quantitative estimate of drug-likeness (QED) is 0.604. The van der Waals surface area contributed by atoms with Gasteiger partial charge in [-0.25, -0.2) is 0 Å². The van der Waals surface area contributed by atoms with E-state index in [4.69, 9.17) is 0 Å². The van der Waals surface area contributed by atoms with E-state index in [0.29, 0.717) is 24.8 Å². The smallest absolute Gasteiger partial charge is 0.222 e. The molecule has 0 bridgehead atoms. The molecule has 0 unspecified atom stereocenters. The third-order valence-electron chi connectivity index (χ3n) is 2.59. The second kappa shape index (κ2) is 8.48. The number of aliphatic hydroxyl groups is 2. The molecule has 0 spiro atoms. The molecule has 0 rings (SSSR count). The average molecular weight is 245 g/mol. The average Bonchev–Trinajstić information content (AvgIpc) is 2.22. The molecule has 2 atom stereocenters. The van der Waals surface area contributed by atoms with Crippen LogP contribution in [0.3, 0.4) is 0 Å². The van der Waals surface area contributed by atoms with E-state index in [2.05, 4.69) is 19.2 Å². The molecular weight excluding hydrogens is 218 g/mol. The summed E-state index contributed by atoms with van der Waals surface area (Å²) in [5.74, 6) is 0.684. The van der Waals surface area contributed by atoms with Gasteiger partial charge in [-0.1, -0.05) is 27.7 Å². The van der Waals surface area contributed by atoms with Crippen LogP contribution < -0.4 is 5.32 Å². The first-order chi connectivity index (χ1) is 7.82. The van der Waals surface area contributed by atoms with E-state index in [0.717, 1.165) is 6.42 Å². The molecule has 0 aliphatic carbocycles. The van der Waals surface area contributed by atoms with Gasteiger partial charge in [0.2, 0.25) is 5.91 Å². The Kier molecular flexibility index (Phi) is 8.17. The van der Waals surface area contributed by atoms with Crippen molar-refractivity contribution in [1.82, 2.24) is 5.32 Å². The van der Waals surface area contributed by atoms with Crippen molar-refractivity contribution in [2.75, 3.05) is 6.54 Å². The number of amides is 1. The Bertz CT molecular complexity index is 217. The van der Waals surface area contributed by atoms with Crippen molar-refractivity contribution in [2.24, 2.45) is 11.8 Å². The van der Waals surface area contributed by atoms with E-state index < -0.39 is 12.2 Å². The van der Waals surface area contributed by atoms with Crippen molar-refractivity contribution >= 4 is 5.91 Å². The normalized spacial score (nSPS) is 15.1. The molecule has 0 heterocycles. The highest BCUT2D eigenvalue weighted by Crippen LogP contribution is 2.11. The SMILES string of the molecule is CC(C)CC[C@@H](O)[C@H](O)CC(=O)NCC(C)C. The molecule has 1 amide bonds. The van der Waals surface area contributed by atoms with E-state index in [-0.39, 0.29) is 12.3 Å². The summed E-state index contributed by atoms with van der Waals surface area (Å²) < 4.78 is 0. The van der Waals surface area contributed by atoms with Crippen molar-refractivity contribution < 1.29 is 15.0 Å². The van der Waals surface area contributed by atoms with Gasteiger partial charge in [0.05, 0.1) is 18.6 Å². The summed E-state index contributed by atoms with van der Waals surface area (Å²) in [6.07, 6.45) is -0.392. The van der Waals surface area contributed by atoms with Crippen molar-refractivity contribution in [3.8, 4) is 0 Å². The van der Waals surface area contributed by atoms with Crippen LogP contribution in [-0.2, 0) is 4.79 Å². The maximum atomic E-state index is 11.4. The standard InChI is InChI=1S/C13H27NO3/c1-9(2)5-6-11(15)12(16)7-13(17)14-8-10(3)4/h9-12,15-16H,5-8H2,1-4H3,(H,14,17)/t11-,12-/m1/s1.